The van der Waals surface area contributed by atoms with Crippen LogP contribution >= 0.6 is 23.4 Å². The van der Waals surface area contributed by atoms with E-state index < -0.39 is 11.4 Å². The zero-order chi connectivity index (χ0) is 17.9. The summed E-state index contributed by atoms with van der Waals surface area (Å²) in [5.41, 5.74) is 0.910. The number of carbonyl (C=O) groups excluding carboxylic acids is 1. The SMILES string of the molecule is O=C(NCC1(C(=O)O)CC1)c1ccc(CSc2ccc(Cl)cc2)cc1. The first-order chi connectivity index (χ1) is 12.0. The molecule has 3 rings (SSSR count). The minimum Gasteiger partial charge on any atom is -0.481 e. The number of halogens is 1. The molecule has 2 N–H and O–H groups in total. The highest BCUT2D eigenvalue weighted by molar-refractivity contribution is 7.98. The molecule has 0 atom stereocenters. The minimum atomic E-state index is -0.831. The molecule has 0 radical (unpaired) electrons. The van der Waals surface area contributed by atoms with Crippen LogP contribution in [0.1, 0.15) is 28.8 Å². The van der Waals surface area contributed by atoms with E-state index in [1.165, 1.54) is 0 Å². The van der Waals surface area contributed by atoms with Crippen LogP contribution < -0.4 is 5.32 Å². The van der Waals surface area contributed by atoms with Gasteiger partial charge in [0.2, 0.25) is 0 Å². The first-order valence-electron chi connectivity index (χ1n) is 7.97. The molecule has 6 heteroatoms. The Kier molecular flexibility index (Phi) is 5.35. The summed E-state index contributed by atoms with van der Waals surface area (Å²) in [6.45, 7) is 0.190. The fourth-order valence-corrected chi connectivity index (χ4v) is 3.40. The Balaban J connectivity index is 1.52. The summed E-state index contributed by atoms with van der Waals surface area (Å²) in [6, 6.07) is 15.1. The molecule has 0 spiro atoms. The number of rotatable bonds is 7. The van der Waals surface area contributed by atoms with E-state index in [4.69, 9.17) is 16.7 Å². The first-order valence-corrected chi connectivity index (χ1v) is 9.34. The maximum atomic E-state index is 12.1. The van der Waals surface area contributed by atoms with Crippen molar-refractivity contribution >= 4 is 35.2 Å². The van der Waals surface area contributed by atoms with Gasteiger partial charge in [-0.25, -0.2) is 0 Å². The number of carbonyl (C=O) groups is 2. The van der Waals surface area contributed by atoms with Crippen LogP contribution in [0, 0.1) is 5.41 Å². The lowest BCUT2D eigenvalue weighted by atomic mass is 10.1. The van der Waals surface area contributed by atoms with Crippen LogP contribution in [0.2, 0.25) is 5.02 Å². The maximum absolute atomic E-state index is 12.1. The largest absolute Gasteiger partial charge is 0.481 e. The molecular formula is C19H18ClNO3S. The van der Waals surface area contributed by atoms with Gasteiger partial charge in [0, 0.05) is 27.8 Å². The normalized spacial score (nSPS) is 14.8. The van der Waals surface area contributed by atoms with Gasteiger partial charge in [0.1, 0.15) is 0 Å². The summed E-state index contributed by atoms with van der Waals surface area (Å²) >= 11 is 7.57. The fraction of sp³-hybridized carbons (Fsp3) is 0.263. The number of aliphatic carboxylic acids is 1. The number of thioether (sulfide) groups is 1. The van der Waals surface area contributed by atoms with E-state index in [2.05, 4.69) is 5.32 Å². The lowest BCUT2D eigenvalue weighted by Crippen LogP contribution is -2.34. The molecule has 0 aromatic heterocycles. The molecule has 2 aromatic carbocycles. The maximum Gasteiger partial charge on any atom is 0.311 e. The van der Waals surface area contributed by atoms with Crippen LogP contribution in [-0.4, -0.2) is 23.5 Å². The summed E-state index contributed by atoms with van der Waals surface area (Å²) in [5.74, 6) is -0.266. The smallest absolute Gasteiger partial charge is 0.311 e. The van der Waals surface area contributed by atoms with E-state index in [1.54, 1.807) is 23.9 Å². The summed E-state index contributed by atoms with van der Waals surface area (Å²) < 4.78 is 0. The zero-order valence-electron chi connectivity index (χ0n) is 13.5. The molecule has 1 amide bonds. The number of carboxylic acids is 1. The van der Waals surface area contributed by atoms with Crippen molar-refractivity contribution in [2.75, 3.05) is 6.54 Å². The molecule has 1 aliphatic carbocycles. The van der Waals surface area contributed by atoms with Crippen LogP contribution in [0.4, 0.5) is 0 Å². The molecule has 4 nitrogen and oxygen atoms in total. The van der Waals surface area contributed by atoms with Gasteiger partial charge in [-0.2, -0.15) is 0 Å². The Morgan fingerprint density at radius 1 is 1.08 bits per heavy atom. The zero-order valence-corrected chi connectivity index (χ0v) is 15.1. The van der Waals surface area contributed by atoms with Crippen LogP contribution in [0.5, 0.6) is 0 Å². The van der Waals surface area contributed by atoms with Gasteiger partial charge in [0.05, 0.1) is 5.41 Å². The molecule has 1 fully saturated rings. The van der Waals surface area contributed by atoms with Gasteiger partial charge in [-0.1, -0.05) is 23.7 Å². The van der Waals surface area contributed by atoms with Crippen molar-refractivity contribution < 1.29 is 14.7 Å². The molecule has 1 saturated carbocycles. The molecular weight excluding hydrogens is 358 g/mol. The van der Waals surface area contributed by atoms with E-state index in [9.17, 15) is 9.59 Å². The predicted molar refractivity (Wildman–Crippen MR) is 99.1 cm³/mol. The second kappa shape index (κ2) is 7.50. The van der Waals surface area contributed by atoms with Gasteiger partial charge in [-0.15, -0.1) is 11.8 Å². The topological polar surface area (TPSA) is 66.4 Å². The highest BCUT2D eigenvalue weighted by Gasteiger charge is 2.50. The summed E-state index contributed by atoms with van der Waals surface area (Å²) in [4.78, 5) is 24.4. The average Bonchev–Trinajstić information content (AvgIpc) is 3.41. The van der Waals surface area contributed by atoms with Gasteiger partial charge in [0.15, 0.2) is 0 Å². The van der Waals surface area contributed by atoms with Crippen molar-refractivity contribution in [1.29, 1.82) is 0 Å². The average molecular weight is 376 g/mol. The number of carboxylic acid groups (broad SMARTS) is 1. The predicted octanol–water partition coefficient (Wildman–Crippen LogP) is 4.23. The van der Waals surface area contributed by atoms with Crippen LogP contribution in [0.15, 0.2) is 53.4 Å². The van der Waals surface area contributed by atoms with Crippen LogP contribution in [0.25, 0.3) is 0 Å². The Hall–Kier alpha value is -1.98. The summed E-state index contributed by atoms with van der Waals surface area (Å²) in [7, 11) is 0. The molecule has 1 aliphatic rings. The number of hydrogen-bond donors (Lipinski definition) is 2. The van der Waals surface area contributed by atoms with Crippen molar-refractivity contribution in [3.8, 4) is 0 Å². The number of benzene rings is 2. The van der Waals surface area contributed by atoms with Gasteiger partial charge in [0.25, 0.3) is 5.91 Å². The van der Waals surface area contributed by atoms with E-state index in [0.29, 0.717) is 18.4 Å². The number of nitrogens with one attached hydrogen (secondary N) is 1. The van der Waals surface area contributed by atoms with Gasteiger partial charge >= 0.3 is 5.97 Å². The lowest BCUT2D eigenvalue weighted by Gasteiger charge is -2.11. The van der Waals surface area contributed by atoms with E-state index >= 15 is 0 Å². The highest BCUT2D eigenvalue weighted by atomic mass is 35.5. The molecule has 0 unspecified atom stereocenters. The third-order valence-corrected chi connectivity index (χ3v) is 5.66. The van der Waals surface area contributed by atoms with Crippen LogP contribution in [-0.2, 0) is 10.5 Å². The standard InChI is InChI=1S/C19H18ClNO3S/c20-15-5-7-16(8-6-15)25-11-13-1-3-14(4-2-13)17(22)21-12-19(9-10-19)18(23)24/h1-8H,9-12H2,(H,21,22)(H,23,24). The van der Waals surface area contributed by atoms with Gasteiger partial charge < -0.3 is 10.4 Å². The van der Waals surface area contributed by atoms with E-state index in [1.807, 2.05) is 36.4 Å². The molecule has 0 heterocycles. The third-order valence-electron chi connectivity index (χ3n) is 4.33. The van der Waals surface area contributed by atoms with E-state index in [-0.39, 0.29) is 12.5 Å². The Morgan fingerprint density at radius 3 is 2.28 bits per heavy atom. The monoisotopic (exact) mass is 375 g/mol. The molecule has 2 aromatic rings. The van der Waals surface area contributed by atoms with Crippen molar-refractivity contribution in [3.63, 3.8) is 0 Å². The van der Waals surface area contributed by atoms with Gasteiger partial charge in [-0.05, 0) is 54.8 Å². The fourth-order valence-electron chi connectivity index (χ4n) is 2.42. The molecule has 0 saturated heterocycles. The van der Waals surface area contributed by atoms with Crippen molar-refractivity contribution in [2.45, 2.75) is 23.5 Å². The van der Waals surface area contributed by atoms with Gasteiger partial charge in [-0.3, -0.25) is 9.59 Å². The number of amides is 1. The van der Waals surface area contributed by atoms with Crippen molar-refractivity contribution in [2.24, 2.45) is 5.41 Å². The third kappa shape index (κ3) is 4.55. The first kappa shape index (κ1) is 17.8. The summed E-state index contributed by atoms with van der Waals surface area (Å²) in [5, 5.41) is 12.6. The van der Waals surface area contributed by atoms with Crippen molar-refractivity contribution in [1.82, 2.24) is 5.32 Å². The Labute approximate surface area is 155 Å². The molecule has 25 heavy (non-hydrogen) atoms. The molecule has 130 valence electrons. The Morgan fingerprint density at radius 2 is 1.72 bits per heavy atom. The highest BCUT2D eigenvalue weighted by Crippen LogP contribution is 2.45. The second-order valence-electron chi connectivity index (χ2n) is 6.21. The molecule has 0 aliphatic heterocycles. The Bertz CT molecular complexity index is 770. The summed E-state index contributed by atoms with van der Waals surface area (Å²) in [6.07, 6.45) is 1.26. The van der Waals surface area contributed by atoms with Crippen LogP contribution in [0.3, 0.4) is 0 Å². The second-order valence-corrected chi connectivity index (χ2v) is 7.69. The quantitative estimate of drug-likeness (QED) is 0.711. The van der Waals surface area contributed by atoms with E-state index in [0.717, 1.165) is 21.2 Å². The molecule has 0 bridgehead atoms. The van der Waals surface area contributed by atoms with Crippen molar-refractivity contribution in [3.05, 3.63) is 64.7 Å². The minimum absolute atomic E-state index is 0.190. The lowest BCUT2D eigenvalue weighted by molar-refractivity contribution is -0.143. The number of hydrogen-bond acceptors (Lipinski definition) is 3.